The number of nitrogens with zero attached hydrogens (tertiary/aromatic N) is 1. The lowest BCUT2D eigenvalue weighted by Crippen LogP contribution is -2.44. The number of amides is 2. The second kappa shape index (κ2) is 5.43. The number of allylic oxidation sites excluding steroid dienone is 2. The van der Waals surface area contributed by atoms with Crippen LogP contribution in [-0.2, 0) is 14.3 Å². The van der Waals surface area contributed by atoms with Crippen molar-refractivity contribution < 1.29 is 19.4 Å². The molecule has 5 nitrogen and oxygen atoms in total. The van der Waals surface area contributed by atoms with E-state index < -0.39 is 5.60 Å². The fraction of sp³-hybridized carbons (Fsp3) is 0.714. The summed E-state index contributed by atoms with van der Waals surface area (Å²) in [6, 6.07) is 0. The van der Waals surface area contributed by atoms with E-state index in [0.29, 0.717) is 25.9 Å². The average molecular weight is 267 g/mol. The Kier molecular flexibility index (Phi) is 4.06. The second-order valence-electron chi connectivity index (χ2n) is 5.66. The van der Waals surface area contributed by atoms with E-state index in [0.717, 1.165) is 0 Å². The second-order valence-corrected chi connectivity index (χ2v) is 5.66. The monoisotopic (exact) mass is 267 g/mol. The molecular formula is C14H21NO4. The van der Waals surface area contributed by atoms with Crippen molar-refractivity contribution in [2.45, 2.75) is 31.8 Å². The quantitative estimate of drug-likeness (QED) is 0.589. The third kappa shape index (κ3) is 2.87. The highest BCUT2D eigenvalue weighted by Gasteiger charge is 2.48. The van der Waals surface area contributed by atoms with Crippen LogP contribution in [-0.4, -0.2) is 47.7 Å². The number of ether oxygens (including phenoxy) is 1. The first-order valence-corrected chi connectivity index (χ1v) is 6.68. The van der Waals surface area contributed by atoms with Gasteiger partial charge < -0.3 is 9.84 Å². The Morgan fingerprint density at radius 1 is 1.32 bits per heavy atom. The zero-order valence-electron chi connectivity index (χ0n) is 11.5. The minimum absolute atomic E-state index is 0.0566. The number of aliphatic hydroxyl groups is 1. The van der Waals surface area contributed by atoms with E-state index in [1.54, 1.807) is 14.0 Å². The van der Waals surface area contributed by atoms with Crippen LogP contribution in [0.15, 0.2) is 12.2 Å². The summed E-state index contributed by atoms with van der Waals surface area (Å²) in [6.07, 6.45) is 5.57. The number of β-amino-alcohol motifs (C(OH)–C–C–N with tert-alkyl or cyclic N) is 1. The summed E-state index contributed by atoms with van der Waals surface area (Å²) in [4.78, 5) is 25.7. The highest BCUT2D eigenvalue weighted by Crippen LogP contribution is 2.35. The molecule has 5 heteroatoms. The Hall–Kier alpha value is -1.20. The van der Waals surface area contributed by atoms with E-state index in [9.17, 15) is 14.7 Å². The Morgan fingerprint density at radius 3 is 2.32 bits per heavy atom. The SMILES string of the molecule is COCCC(C)(O)CN1C(=O)C2CC=CCC2C1=O. The Bertz CT molecular complexity index is 376. The van der Waals surface area contributed by atoms with Gasteiger partial charge in [-0.05, 0) is 19.8 Å². The molecule has 0 aromatic rings. The molecule has 1 aliphatic heterocycles. The van der Waals surface area contributed by atoms with Crippen molar-refractivity contribution in [3.63, 3.8) is 0 Å². The molecule has 0 aromatic heterocycles. The molecule has 0 bridgehead atoms. The maximum Gasteiger partial charge on any atom is 0.233 e. The van der Waals surface area contributed by atoms with E-state index in [4.69, 9.17) is 4.74 Å². The number of imide groups is 1. The molecule has 106 valence electrons. The average Bonchev–Trinajstić information content (AvgIpc) is 2.62. The molecule has 2 aliphatic rings. The zero-order chi connectivity index (χ0) is 14.0. The highest BCUT2D eigenvalue weighted by molar-refractivity contribution is 6.05. The molecular weight excluding hydrogens is 246 g/mol. The molecule has 2 amide bonds. The number of carbonyl (C=O) groups excluding carboxylic acids is 2. The summed E-state index contributed by atoms with van der Waals surface area (Å²) in [5, 5.41) is 10.2. The summed E-state index contributed by atoms with van der Waals surface area (Å²) < 4.78 is 4.93. The number of rotatable bonds is 5. The Morgan fingerprint density at radius 2 is 1.84 bits per heavy atom. The molecule has 0 aromatic carbocycles. The Labute approximate surface area is 113 Å². The van der Waals surface area contributed by atoms with Gasteiger partial charge in [-0.2, -0.15) is 0 Å². The van der Waals surface area contributed by atoms with Crippen LogP contribution in [0.25, 0.3) is 0 Å². The Balaban J connectivity index is 2.05. The van der Waals surface area contributed by atoms with Gasteiger partial charge in [0.2, 0.25) is 11.8 Å². The van der Waals surface area contributed by atoms with Gasteiger partial charge in [0.05, 0.1) is 24.0 Å². The van der Waals surface area contributed by atoms with Gasteiger partial charge in [0.1, 0.15) is 0 Å². The van der Waals surface area contributed by atoms with Gasteiger partial charge in [-0.25, -0.2) is 0 Å². The fourth-order valence-electron chi connectivity index (χ4n) is 2.77. The van der Waals surface area contributed by atoms with Crippen LogP contribution < -0.4 is 0 Å². The summed E-state index contributed by atoms with van der Waals surface area (Å²) in [6.45, 7) is 2.09. The van der Waals surface area contributed by atoms with Crippen LogP contribution in [0.4, 0.5) is 0 Å². The third-order valence-corrected chi connectivity index (χ3v) is 3.94. The van der Waals surface area contributed by atoms with Gasteiger partial charge in [0.15, 0.2) is 0 Å². The van der Waals surface area contributed by atoms with E-state index in [-0.39, 0.29) is 30.2 Å². The molecule has 1 aliphatic carbocycles. The van der Waals surface area contributed by atoms with Crippen molar-refractivity contribution in [1.29, 1.82) is 0 Å². The number of methoxy groups -OCH3 is 1. The van der Waals surface area contributed by atoms with E-state index in [2.05, 4.69) is 0 Å². The number of fused-ring (bicyclic) bond motifs is 1. The molecule has 0 radical (unpaired) electrons. The number of carbonyl (C=O) groups is 2. The molecule has 19 heavy (non-hydrogen) atoms. The predicted octanol–water partition coefficient (Wildman–Crippen LogP) is 0.725. The summed E-state index contributed by atoms with van der Waals surface area (Å²) in [7, 11) is 1.56. The van der Waals surface area contributed by atoms with Crippen LogP contribution in [0.2, 0.25) is 0 Å². The highest BCUT2D eigenvalue weighted by atomic mass is 16.5. The van der Waals surface area contributed by atoms with Gasteiger partial charge in [-0.15, -0.1) is 0 Å². The number of hydrogen-bond acceptors (Lipinski definition) is 4. The molecule has 3 atom stereocenters. The maximum atomic E-state index is 12.2. The largest absolute Gasteiger partial charge is 0.388 e. The molecule has 1 saturated heterocycles. The number of hydrogen-bond donors (Lipinski definition) is 1. The topological polar surface area (TPSA) is 66.8 Å². The van der Waals surface area contributed by atoms with Gasteiger partial charge in [0.25, 0.3) is 0 Å². The van der Waals surface area contributed by atoms with Crippen LogP contribution >= 0.6 is 0 Å². The van der Waals surface area contributed by atoms with Crippen molar-refractivity contribution in [3.8, 4) is 0 Å². The molecule has 1 fully saturated rings. The molecule has 1 N–H and O–H groups in total. The van der Waals surface area contributed by atoms with Crippen LogP contribution in [0.3, 0.4) is 0 Å². The lowest BCUT2D eigenvalue weighted by Gasteiger charge is -2.27. The van der Waals surface area contributed by atoms with Crippen molar-refractivity contribution in [3.05, 3.63) is 12.2 Å². The molecule has 0 saturated carbocycles. The molecule has 3 unspecified atom stereocenters. The lowest BCUT2D eigenvalue weighted by atomic mass is 9.85. The van der Waals surface area contributed by atoms with E-state index >= 15 is 0 Å². The van der Waals surface area contributed by atoms with Crippen LogP contribution in [0.1, 0.15) is 26.2 Å². The molecule has 1 heterocycles. The van der Waals surface area contributed by atoms with Gasteiger partial charge in [-0.1, -0.05) is 12.2 Å². The first-order chi connectivity index (χ1) is 8.96. The van der Waals surface area contributed by atoms with Crippen molar-refractivity contribution in [2.24, 2.45) is 11.8 Å². The minimum Gasteiger partial charge on any atom is -0.388 e. The molecule has 0 spiro atoms. The fourth-order valence-corrected chi connectivity index (χ4v) is 2.77. The van der Waals surface area contributed by atoms with Crippen molar-refractivity contribution >= 4 is 11.8 Å². The first-order valence-electron chi connectivity index (χ1n) is 6.68. The summed E-state index contributed by atoms with van der Waals surface area (Å²) in [5.74, 6) is -0.736. The summed E-state index contributed by atoms with van der Waals surface area (Å²) >= 11 is 0. The first kappa shape index (κ1) is 14.2. The summed E-state index contributed by atoms with van der Waals surface area (Å²) in [5.41, 5.74) is -1.09. The van der Waals surface area contributed by atoms with Gasteiger partial charge >= 0.3 is 0 Å². The third-order valence-electron chi connectivity index (χ3n) is 3.94. The zero-order valence-corrected chi connectivity index (χ0v) is 11.5. The number of likely N-dealkylation sites (tertiary alicyclic amines) is 1. The lowest BCUT2D eigenvalue weighted by molar-refractivity contribution is -0.144. The van der Waals surface area contributed by atoms with Crippen molar-refractivity contribution in [1.82, 2.24) is 4.90 Å². The smallest absolute Gasteiger partial charge is 0.233 e. The van der Waals surface area contributed by atoms with Crippen LogP contribution in [0, 0.1) is 11.8 Å². The van der Waals surface area contributed by atoms with Gasteiger partial charge in [0, 0.05) is 20.1 Å². The minimum atomic E-state index is -1.09. The van der Waals surface area contributed by atoms with Gasteiger partial charge in [-0.3, -0.25) is 14.5 Å². The normalized spacial score (nSPS) is 29.5. The molecule has 2 rings (SSSR count). The van der Waals surface area contributed by atoms with Crippen LogP contribution in [0.5, 0.6) is 0 Å². The van der Waals surface area contributed by atoms with E-state index in [1.807, 2.05) is 12.2 Å². The van der Waals surface area contributed by atoms with Crippen molar-refractivity contribution in [2.75, 3.05) is 20.3 Å². The standard InChI is InChI=1S/C14H21NO4/c1-14(18,7-8-19-2)9-15-12(16)10-5-3-4-6-11(10)13(15)17/h3-4,10-11,18H,5-9H2,1-2H3. The van der Waals surface area contributed by atoms with E-state index in [1.165, 1.54) is 4.90 Å². The predicted molar refractivity (Wildman–Crippen MR) is 69.2 cm³/mol. The maximum absolute atomic E-state index is 12.2.